The summed E-state index contributed by atoms with van der Waals surface area (Å²) in [4.78, 5) is 4.18. The number of aromatic nitrogens is 1. The number of nitrogens with one attached hydrogen (secondary N) is 1. The molecule has 1 aromatic rings. The monoisotopic (exact) mass is 250 g/mol. The number of hydrogen-bond donors (Lipinski definition) is 1. The predicted molar refractivity (Wildman–Crippen MR) is 71.6 cm³/mol. The van der Waals surface area contributed by atoms with Crippen LogP contribution in [-0.4, -0.2) is 12.0 Å². The highest BCUT2D eigenvalue weighted by atomic mass is 14.8. The maximum atomic E-state index is 9.32. The first-order valence-corrected chi connectivity index (χ1v) is 6.43. The Morgan fingerprint density at radius 3 is 2.79 bits per heavy atom. The molecule has 0 aliphatic heterocycles. The van der Waals surface area contributed by atoms with E-state index < -0.39 is 0 Å². The van der Waals surface area contributed by atoms with Crippen LogP contribution in [0.5, 0.6) is 0 Å². The molecule has 19 heavy (non-hydrogen) atoms. The molecule has 1 N–H and O–H groups in total. The Hall–Kier alpha value is -2.33. The fourth-order valence-corrected chi connectivity index (χ4v) is 3.43. The Kier molecular flexibility index (Phi) is 2.72. The molecule has 1 fully saturated rings. The number of fused-ring (bicyclic) bond motifs is 2. The van der Waals surface area contributed by atoms with Crippen molar-refractivity contribution in [3.63, 3.8) is 0 Å². The molecule has 0 saturated heterocycles. The summed E-state index contributed by atoms with van der Waals surface area (Å²) in [5.74, 6) is 0.0730. The molecule has 2 bridgehead atoms. The van der Waals surface area contributed by atoms with E-state index in [0.717, 1.165) is 17.7 Å². The molecule has 94 valence electrons. The van der Waals surface area contributed by atoms with E-state index >= 15 is 0 Å². The van der Waals surface area contributed by atoms with Gasteiger partial charge >= 0.3 is 0 Å². The van der Waals surface area contributed by atoms with Crippen molar-refractivity contribution < 1.29 is 0 Å². The van der Waals surface area contributed by atoms with E-state index in [4.69, 9.17) is 0 Å². The van der Waals surface area contributed by atoms with E-state index in [2.05, 4.69) is 28.5 Å². The molecule has 0 spiro atoms. The second-order valence-electron chi connectivity index (χ2n) is 5.11. The second-order valence-corrected chi connectivity index (χ2v) is 5.11. The lowest BCUT2D eigenvalue weighted by molar-refractivity contribution is 0.476. The number of hydrogen-bond acceptors (Lipinski definition) is 4. The molecule has 1 aromatic heterocycles. The van der Waals surface area contributed by atoms with E-state index in [0.29, 0.717) is 0 Å². The smallest absolute Gasteiger partial charge is 0.0696 e. The second kappa shape index (κ2) is 4.40. The zero-order chi connectivity index (χ0) is 13.4. The number of rotatable bonds is 2. The zero-order valence-electron chi connectivity index (χ0n) is 10.7. The van der Waals surface area contributed by atoms with Gasteiger partial charge in [-0.15, -0.1) is 0 Å². The van der Waals surface area contributed by atoms with Crippen LogP contribution < -0.4 is 5.32 Å². The van der Waals surface area contributed by atoms with Crippen molar-refractivity contribution in [2.24, 2.45) is 23.7 Å². The van der Waals surface area contributed by atoms with Crippen molar-refractivity contribution in [1.29, 1.82) is 10.5 Å². The van der Waals surface area contributed by atoms with Gasteiger partial charge in [0.2, 0.25) is 0 Å². The molecule has 3 rings (SSSR count). The molecule has 4 atom stereocenters. The fraction of sp³-hybridized carbons (Fsp3) is 0.400. The van der Waals surface area contributed by atoms with Crippen LogP contribution in [0.1, 0.15) is 12.0 Å². The molecule has 0 aromatic carbocycles. The van der Waals surface area contributed by atoms with Crippen LogP contribution >= 0.6 is 0 Å². The molecule has 2 unspecified atom stereocenters. The molecule has 2 aliphatic carbocycles. The van der Waals surface area contributed by atoms with Gasteiger partial charge in [0.25, 0.3) is 0 Å². The molecular formula is C15H14N4. The summed E-state index contributed by atoms with van der Waals surface area (Å²) in [5, 5.41) is 21.7. The molecular weight excluding hydrogens is 236 g/mol. The summed E-state index contributed by atoms with van der Waals surface area (Å²) in [7, 11) is 1.88. The zero-order valence-corrected chi connectivity index (χ0v) is 10.7. The molecule has 2 aliphatic rings. The fourth-order valence-electron chi connectivity index (χ4n) is 3.43. The summed E-state index contributed by atoms with van der Waals surface area (Å²) >= 11 is 0. The van der Waals surface area contributed by atoms with Crippen LogP contribution in [0.4, 0.5) is 5.69 Å². The average Bonchev–Trinajstić information content (AvgIpc) is 3.03. The van der Waals surface area contributed by atoms with Crippen molar-refractivity contribution in [3.8, 4) is 12.1 Å². The highest BCUT2D eigenvalue weighted by Gasteiger charge is 2.49. The third-order valence-electron chi connectivity index (χ3n) is 4.30. The molecule has 0 amide bonds. The number of nitrogens with zero attached hydrogens (tertiary/aromatic N) is 3. The van der Waals surface area contributed by atoms with Gasteiger partial charge in [-0.2, -0.15) is 10.5 Å². The van der Waals surface area contributed by atoms with Gasteiger partial charge < -0.3 is 5.32 Å². The van der Waals surface area contributed by atoms with Gasteiger partial charge in [0.15, 0.2) is 0 Å². The predicted octanol–water partition coefficient (Wildman–Crippen LogP) is 2.44. The average molecular weight is 250 g/mol. The van der Waals surface area contributed by atoms with Crippen LogP contribution in [0, 0.1) is 46.3 Å². The third kappa shape index (κ3) is 1.61. The van der Waals surface area contributed by atoms with Gasteiger partial charge in [0, 0.05) is 36.6 Å². The van der Waals surface area contributed by atoms with Gasteiger partial charge in [-0.1, -0.05) is 6.08 Å². The SMILES string of the molecule is CNc1ccncc1C1=CC2CC1[C@H](C#N)[C@H]2C#N. The summed E-state index contributed by atoms with van der Waals surface area (Å²) in [6, 6.07) is 6.56. The lowest BCUT2D eigenvalue weighted by Gasteiger charge is -2.23. The Bertz CT molecular complexity index is 620. The van der Waals surface area contributed by atoms with Crippen molar-refractivity contribution in [3.05, 3.63) is 30.1 Å². The standard InChI is InChI=1S/C15H14N4/c1-18-15-2-3-19-8-14(15)11-5-9-4-10(11)13(7-17)12(9)6-16/h2-3,5,8-10,12-13H,4H2,1H3,(H,18,19)/t9?,10?,12-,13-/m0/s1. The van der Waals surface area contributed by atoms with Gasteiger partial charge in [-0.3, -0.25) is 4.98 Å². The lowest BCUT2D eigenvalue weighted by atomic mass is 9.79. The van der Waals surface area contributed by atoms with Crippen molar-refractivity contribution >= 4 is 11.3 Å². The molecule has 4 heteroatoms. The number of anilines is 1. The third-order valence-corrected chi connectivity index (χ3v) is 4.30. The molecule has 1 heterocycles. The maximum Gasteiger partial charge on any atom is 0.0696 e. The Labute approximate surface area is 112 Å². The summed E-state index contributed by atoms with van der Waals surface area (Å²) in [6.07, 6.45) is 6.69. The summed E-state index contributed by atoms with van der Waals surface area (Å²) in [6.45, 7) is 0. The van der Waals surface area contributed by atoms with Gasteiger partial charge in [0.1, 0.15) is 0 Å². The van der Waals surface area contributed by atoms with E-state index in [1.54, 1.807) is 6.20 Å². The molecule has 0 radical (unpaired) electrons. The maximum absolute atomic E-state index is 9.32. The quantitative estimate of drug-likeness (QED) is 0.875. The van der Waals surface area contributed by atoms with Crippen LogP contribution in [0.2, 0.25) is 0 Å². The van der Waals surface area contributed by atoms with E-state index in [1.807, 2.05) is 19.3 Å². The number of nitriles is 2. The van der Waals surface area contributed by atoms with Crippen LogP contribution in [0.15, 0.2) is 24.5 Å². The molecule has 1 saturated carbocycles. The minimum Gasteiger partial charge on any atom is -0.388 e. The van der Waals surface area contributed by atoms with Crippen molar-refractivity contribution in [2.45, 2.75) is 6.42 Å². The first kappa shape index (κ1) is 11.7. The summed E-state index contributed by atoms with van der Waals surface area (Å²) in [5.41, 5.74) is 3.27. The van der Waals surface area contributed by atoms with E-state index in [-0.39, 0.29) is 23.7 Å². The normalized spacial score (nSPS) is 31.4. The first-order chi connectivity index (χ1) is 9.30. The lowest BCUT2D eigenvalue weighted by Crippen LogP contribution is -2.19. The van der Waals surface area contributed by atoms with Crippen LogP contribution in [-0.2, 0) is 0 Å². The molecule has 4 nitrogen and oxygen atoms in total. The summed E-state index contributed by atoms with van der Waals surface area (Å²) < 4.78 is 0. The van der Waals surface area contributed by atoms with Crippen molar-refractivity contribution in [2.75, 3.05) is 12.4 Å². The largest absolute Gasteiger partial charge is 0.388 e. The highest BCUT2D eigenvalue weighted by Crippen LogP contribution is 2.54. The topological polar surface area (TPSA) is 72.5 Å². The minimum absolute atomic E-state index is 0.145. The first-order valence-electron chi connectivity index (χ1n) is 6.43. The van der Waals surface area contributed by atoms with Gasteiger partial charge in [-0.05, 0) is 24.0 Å². The number of pyridine rings is 1. The van der Waals surface area contributed by atoms with Crippen LogP contribution in [0.25, 0.3) is 5.57 Å². The van der Waals surface area contributed by atoms with Gasteiger partial charge in [0.05, 0.1) is 24.0 Å². The van der Waals surface area contributed by atoms with Gasteiger partial charge in [-0.25, -0.2) is 0 Å². The minimum atomic E-state index is -0.181. The van der Waals surface area contributed by atoms with E-state index in [1.165, 1.54) is 5.57 Å². The number of allylic oxidation sites excluding steroid dienone is 2. The van der Waals surface area contributed by atoms with Crippen LogP contribution in [0.3, 0.4) is 0 Å². The van der Waals surface area contributed by atoms with Crippen molar-refractivity contribution in [1.82, 2.24) is 4.98 Å². The Morgan fingerprint density at radius 2 is 2.11 bits per heavy atom. The highest BCUT2D eigenvalue weighted by molar-refractivity contribution is 5.79. The Balaban J connectivity index is 2.04. The van der Waals surface area contributed by atoms with E-state index in [9.17, 15) is 10.5 Å². The Morgan fingerprint density at radius 1 is 1.32 bits per heavy atom.